The Morgan fingerprint density at radius 1 is 1.37 bits per heavy atom. The summed E-state index contributed by atoms with van der Waals surface area (Å²) in [6.07, 6.45) is 1.24. The van der Waals surface area contributed by atoms with Crippen molar-refractivity contribution in [3.63, 3.8) is 0 Å². The molecule has 8 nitrogen and oxygen atoms in total. The van der Waals surface area contributed by atoms with Crippen molar-refractivity contribution >= 4 is 17.3 Å². The Morgan fingerprint density at radius 3 is 2.53 bits per heavy atom. The molecule has 19 heavy (non-hydrogen) atoms. The Morgan fingerprint density at radius 2 is 2.00 bits per heavy atom. The molecule has 1 atom stereocenters. The van der Waals surface area contributed by atoms with Crippen LogP contribution in [-0.4, -0.2) is 40.7 Å². The Bertz CT molecular complexity index is 427. The molecule has 1 rings (SSSR count). The predicted molar refractivity (Wildman–Crippen MR) is 72.4 cm³/mol. The minimum atomic E-state index is -0.494. The van der Waals surface area contributed by atoms with Gasteiger partial charge in [-0.3, -0.25) is 10.1 Å². The SMILES string of the molecule is CCNc1ncnc(NCC(C)OCC)c1[N+](=O)[O-]. The molecule has 1 heterocycles. The van der Waals surface area contributed by atoms with Crippen LogP contribution in [0.15, 0.2) is 6.33 Å². The summed E-state index contributed by atoms with van der Waals surface area (Å²) in [6.45, 7) is 7.21. The van der Waals surface area contributed by atoms with Gasteiger partial charge in [0.1, 0.15) is 6.33 Å². The summed E-state index contributed by atoms with van der Waals surface area (Å²) in [7, 11) is 0. The minimum Gasteiger partial charge on any atom is -0.377 e. The molecule has 2 N–H and O–H groups in total. The zero-order valence-electron chi connectivity index (χ0n) is 11.3. The molecule has 0 saturated carbocycles. The minimum absolute atomic E-state index is 0.0536. The lowest BCUT2D eigenvalue weighted by Gasteiger charge is -2.13. The maximum atomic E-state index is 11.1. The summed E-state index contributed by atoms with van der Waals surface area (Å²) >= 11 is 0. The first-order chi connectivity index (χ1) is 9.10. The monoisotopic (exact) mass is 269 g/mol. The van der Waals surface area contributed by atoms with E-state index in [4.69, 9.17) is 4.74 Å². The summed E-state index contributed by atoms with van der Waals surface area (Å²) in [4.78, 5) is 18.4. The molecule has 0 fully saturated rings. The summed E-state index contributed by atoms with van der Waals surface area (Å²) < 4.78 is 5.35. The van der Waals surface area contributed by atoms with Crippen LogP contribution in [0.25, 0.3) is 0 Å². The first-order valence-electron chi connectivity index (χ1n) is 6.18. The highest BCUT2D eigenvalue weighted by Gasteiger charge is 2.22. The van der Waals surface area contributed by atoms with Crippen molar-refractivity contribution in [2.45, 2.75) is 26.9 Å². The zero-order chi connectivity index (χ0) is 14.3. The van der Waals surface area contributed by atoms with E-state index >= 15 is 0 Å². The van der Waals surface area contributed by atoms with Crippen LogP contribution < -0.4 is 10.6 Å². The second-order valence-corrected chi connectivity index (χ2v) is 3.85. The van der Waals surface area contributed by atoms with Crippen molar-refractivity contribution in [1.29, 1.82) is 0 Å². The van der Waals surface area contributed by atoms with E-state index in [9.17, 15) is 10.1 Å². The third kappa shape index (κ3) is 4.32. The lowest BCUT2D eigenvalue weighted by molar-refractivity contribution is -0.383. The highest BCUT2D eigenvalue weighted by molar-refractivity contribution is 5.69. The molecule has 0 bridgehead atoms. The quantitative estimate of drug-likeness (QED) is 0.546. The Kier molecular flexibility index (Phi) is 5.94. The van der Waals surface area contributed by atoms with Gasteiger partial charge in [0, 0.05) is 19.7 Å². The fourth-order valence-electron chi connectivity index (χ4n) is 1.56. The van der Waals surface area contributed by atoms with E-state index in [0.717, 1.165) is 0 Å². The van der Waals surface area contributed by atoms with Crippen LogP contribution in [0, 0.1) is 10.1 Å². The van der Waals surface area contributed by atoms with Crippen LogP contribution in [0.3, 0.4) is 0 Å². The van der Waals surface area contributed by atoms with E-state index in [1.54, 1.807) is 0 Å². The van der Waals surface area contributed by atoms with Crippen LogP contribution in [0.5, 0.6) is 0 Å². The van der Waals surface area contributed by atoms with Gasteiger partial charge in [-0.2, -0.15) is 0 Å². The standard InChI is InChI=1S/C11H19N5O3/c1-4-12-10-9(16(17)18)11(15-7-14-10)13-6-8(3)19-5-2/h7-8H,4-6H2,1-3H3,(H2,12,13,14,15). The van der Waals surface area contributed by atoms with E-state index in [1.807, 2.05) is 20.8 Å². The van der Waals surface area contributed by atoms with E-state index in [2.05, 4.69) is 20.6 Å². The normalized spacial score (nSPS) is 11.9. The van der Waals surface area contributed by atoms with Gasteiger partial charge in [0.15, 0.2) is 0 Å². The number of rotatable bonds is 8. The molecule has 0 radical (unpaired) electrons. The maximum absolute atomic E-state index is 11.1. The average molecular weight is 269 g/mol. The number of aromatic nitrogens is 2. The number of ether oxygens (including phenoxy) is 1. The Hall–Kier alpha value is -1.96. The smallest absolute Gasteiger partial charge is 0.353 e. The molecule has 0 aliphatic rings. The zero-order valence-corrected chi connectivity index (χ0v) is 11.3. The van der Waals surface area contributed by atoms with Crippen molar-refractivity contribution < 1.29 is 9.66 Å². The van der Waals surface area contributed by atoms with Crippen LogP contribution in [-0.2, 0) is 4.74 Å². The van der Waals surface area contributed by atoms with E-state index < -0.39 is 4.92 Å². The maximum Gasteiger partial charge on any atom is 0.353 e. The van der Waals surface area contributed by atoms with E-state index in [1.165, 1.54) is 6.33 Å². The van der Waals surface area contributed by atoms with Gasteiger partial charge in [0.2, 0.25) is 11.6 Å². The van der Waals surface area contributed by atoms with Gasteiger partial charge in [-0.15, -0.1) is 0 Å². The molecule has 106 valence electrons. The fraction of sp³-hybridized carbons (Fsp3) is 0.636. The molecule has 1 aromatic heterocycles. The predicted octanol–water partition coefficient (Wildman–Crippen LogP) is 1.65. The number of nitro groups is 1. The third-order valence-electron chi connectivity index (χ3n) is 2.36. The van der Waals surface area contributed by atoms with Crippen molar-refractivity contribution in [2.24, 2.45) is 0 Å². The van der Waals surface area contributed by atoms with Gasteiger partial charge in [0.25, 0.3) is 0 Å². The Labute approximate surface area is 111 Å². The van der Waals surface area contributed by atoms with Crippen LogP contribution in [0.4, 0.5) is 17.3 Å². The lowest BCUT2D eigenvalue weighted by atomic mass is 10.3. The van der Waals surface area contributed by atoms with E-state index in [-0.39, 0.29) is 23.4 Å². The number of nitrogens with one attached hydrogen (secondary N) is 2. The lowest BCUT2D eigenvalue weighted by Crippen LogP contribution is -2.21. The molecular formula is C11H19N5O3. The highest BCUT2D eigenvalue weighted by atomic mass is 16.6. The van der Waals surface area contributed by atoms with Crippen molar-refractivity contribution in [2.75, 3.05) is 30.3 Å². The first kappa shape index (κ1) is 15.1. The molecular weight excluding hydrogens is 250 g/mol. The topological polar surface area (TPSA) is 102 Å². The molecule has 0 amide bonds. The number of anilines is 2. The Balaban J connectivity index is 2.87. The van der Waals surface area contributed by atoms with Gasteiger partial charge in [0.05, 0.1) is 11.0 Å². The summed E-state index contributed by atoms with van der Waals surface area (Å²) in [5.41, 5.74) is -0.145. The molecule has 0 aromatic carbocycles. The van der Waals surface area contributed by atoms with Gasteiger partial charge in [-0.05, 0) is 20.8 Å². The van der Waals surface area contributed by atoms with Gasteiger partial charge in [-0.25, -0.2) is 9.97 Å². The van der Waals surface area contributed by atoms with E-state index in [0.29, 0.717) is 19.7 Å². The van der Waals surface area contributed by atoms with Crippen LogP contribution in [0.1, 0.15) is 20.8 Å². The van der Waals surface area contributed by atoms with Gasteiger partial charge < -0.3 is 15.4 Å². The summed E-state index contributed by atoms with van der Waals surface area (Å²) in [5, 5.41) is 16.9. The second-order valence-electron chi connectivity index (χ2n) is 3.85. The van der Waals surface area contributed by atoms with Crippen molar-refractivity contribution in [1.82, 2.24) is 9.97 Å². The average Bonchev–Trinajstić information content (AvgIpc) is 2.37. The molecule has 0 aliphatic carbocycles. The summed E-state index contributed by atoms with van der Waals surface area (Å²) in [5.74, 6) is 0.413. The molecule has 0 saturated heterocycles. The molecule has 8 heteroatoms. The van der Waals surface area contributed by atoms with Crippen molar-refractivity contribution in [3.05, 3.63) is 16.4 Å². The molecule has 0 spiro atoms. The first-order valence-corrected chi connectivity index (χ1v) is 6.18. The van der Waals surface area contributed by atoms with Crippen LogP contribution >= 0.6 is 0 Å². The number of nitrogens with zero attached hydrogens (tertiary/aromatic N) is 3. The van der Waals surface area contributed by atoms with Crippen LogP contribution in [0.2, 0.25) is 0 Å². The van der Waals surface area contributed by atoms with Gasteiger partial charge in [-0.1, -0.05) is 0 Å². The number of hydrogen-bond acceptors (Lipinski definition) is 7. The fourth-order valence-corrected chi connectivity index (χ4v) is 1.56. The second kappa shape index (κ2) is 7.47. The summed E-state index contributed by atoms with van der Waals surface area (Å²) in [6, 6.07) is 0. The largest absolute Gasteiger partial charge is 0.377 e. The van der Waals surface area contributed by atoms with Crippen molar-refractivity contribution in [3.8, 4) is 0 Å². The van der Waals surface area contributed by atoms with Gasteiger partial charge >= 0.3 is 5.69 Å². The molecule has 1 aromatic rings. The molecule has 0 aliphatic heterocycles. The molecule has 1 unspecified atom stereocenters. The highest BCUT2D eigenvalue weighted by Crippen LogP contribution is 2.28. The number of hydrogen-bond donors (Lipinski definition) is 2. The third-order valence-corrected chi connectivity index (χ3v) is 2.36.